The zero-order valence-electron chi connectivity index (χ0n) is 11.4. The van der Waals surface area contributed by atoms with Crippen LogP contribution in [0.4, 0.5) is 0 Å². The van der Waals surface area contributed by atoms with Crippen LogP contribution in [0.5, 0.6) is 0 Å². The van der Waals surface area contributed by atoms with E-state index in [0.29, 0.717) is 28.1 Å². The number of nitrogens with zero attached hydrogens (tertiary/aromatic N) is 1. The minimum atomic E-state index is -0.297. The Labute approximate surface area is 129 Å². The van der Waals surface area contributed by atoms with E-state index < -0.39 is 0 Å². The number of aldehydes is 1. The number of hydrogen-bond donors (Lipinski definition) is 1. The number of carbonyl (C=O) groups excluding carboxylic acids is 2. The van der Waals surface area contributed by atoms with Gasteiger partial charge in [-0.25, -0.2) is 9.36 Å². The van der Waals surface area contributed by atoms with Crippen LogP contribution in [-0.4, -0.2) is 17.1 Å². The largest absolute Gasteiger partial charge is 0.390 e. The summed E-state index contributed by atoms with van der Waals surface area (Å²) in [5.74, 6) is 0.325. The number of hydrogen-bond acceptors (Lipinski definition) is 4. The van der Waals surface area contributed by atoms with Gasteiger partial charge < -0.3 is 0 Å². The fourth-order valence-electron chi connectivity index (χ4n) is 2.09. The molecule has 0 bridgehead atoms. The molecule has 0 saturated carbocycles. The Bertz CT molecular complexity index is 880. The fraction of sp³-hybridized carbons (Fsp3) is 0. The fourth-order valence-corrected chi connectivity index (χ4v) is 2.74. The topological polar surface area (TPSA) is 70.9 Å². The maximum atomic E-state index is 12.3. The molecule has 0 amide bonds. The molecule has 5 nitrogen and oxygen atoms in total. The van der Waals surface area contributed by atoms with Crippen LogP contribution in [0, 0.1) is 0 Å². The van der Waals surface area contributed by atoms with E-state index in [1.54, 1.807) is 41.2 Å². The summed E-state index contributed by atoms with van der Waals surface area (Å²) < 4.78 is 1.60. The van der Waals surface area contributed by atoms with E-state index in [0.717, 1.165) is 11.3 Å². The predicted octanol–water partition coefficient (Wildman–Crippen LogP) is 1.76. The van der Waals surface area contributed by atoms with E-state index in [1.807, 2.05) is 18.2 Å². The molecule has 6 heteroatoms. The number of aromatic nitrogens is 2. The number of thiazole rings is 1. The number of aromatic amines is 1. The van der Waals surface area contributed by atoms with Crippen molar-refractivity contribution >= 4 is 23.4 Å². The number of carbonyl (C=O) groups is 2. The molecule has 0 fully saturated rings. The summed E-state index contributed by atoms with van der Waals surface area (Å²) in [6.45, 7) is 0. The first kappa shape index (κ1) is 14.1. The first-order valence-electron chi connectivity index (χ1n) is 6.49. The third kappa shape index (κ3) is 2.64. The third-order valence-corrected chi connectivity index (χ3v) is 3.95. The number of H-pyrrole nitrogens is 1. The van der Waals surface area contributed by atoms with Crippen LogP contribution in [0.25, 0.3) is 5.82 Å². The second kappa shape index (κ2) is 5.87. The molecular formula is C16H11N2O3S+. The molecule has 3 aromatic rings. The highest BCUT2D eigenvalue weighted by molar-refractivity contribution is 7.11. The summed E-state index contributed by atoms with van der Waals surface area (Å²) in [7, 11) is 0. The monoisotopic (exact) mass is 311 g/mol. The highest BCUT2D eigenvalue weighted by atomic mass is 32.1. The summed E-state index contributed by atoms with van der Waals surface area (Å²) in [6.07, 6.45) is 3.91. The number of ketones is 1. The van der Waals surface area contributed by atoms with E-state index in [4.69, 9.17) is 0 Å². The molecule has 0 aliphatic carbocycles. The summed E-state index contributed by atoms with van der Waals surface area (Å²) in [6, 6.07) is 12.3. The molecule has 0 saturated heterocycles. The van der Waals surface area contributed by atoms with Crippen molar-refractivity contribution < 1.29 is 14.2 Å². The smallest absolute Gasteiger partial charge is 0.297 e. The van der Waals surface area contributed by atoms with Gasteiger partial charge in [0.05, 0.1) is 12.4 Å². The molecule has 0 unspecified atom stereocenters. The van der Waals surface area contributed by atoms with Crippen LogP contribution < -0.4 is 9.44 Å². The van der Waals surface area contributed by atoms with E-state index >= 15 is 0 Å². The average Bonchev–Trinajstić information content (AvgIpc) is 2.96. The van der Waals surface area contributed by atoms with E-state index in [1.165, 1.54) is 0 Å². The minimum absolute atomic E-state index is 0.0813. The van der Waals surface area contributed by atoms with Gasteiger partial charge in [-0.1, -0.05) is 30.3 Å². The standard InChI is InChI=1S/C16H10N2O3S/c19-10-13-15(17-16(21)22-13)18-8-6-12(7-9-18)14(20)11-4-2-1-3-5-11/h1-10H/p+1. The number of rotatable bonds is 4. The van der Waals surface area contributed by atoms with Crippen molar-refractivity contribution in [2.24, 2.45) is 0 Å². The molecular weight excluding hydrogens is 300 g/mol. The first-order chi connectivity index (χ1) is 10.7. The van der Waals surface area contributed by atoms with Gasteiger partial charge in [0.25, 0.3) is 0 Å². The molecule has 3 rings (SSSR count). The van der Waals surface area contributed by atoms with Crippen molar-refractivity contribution in [1.29, 1.82) is 0 Å². The Morgan fingerprint density at radius 2 is 1.68 bits per heavy atom. The summed E-state index contributed by atoms with van der Waals surface area (Å²) in [4.78, 5) is 37.2. The molecule has 2 aromatic heterocycles. The number of nitrogens with one attached hydrogen (secondary N) is 1. The molecule has 22 heavy (non-hydrogen) atoms. The highest BCUT2D eigenvalue weighted by Gasteiger charge is 2.17. The molecule has 1 aromatic carbocycles. The Hall–Kier alpha value is -2.86. The molecule has 0 aliphatic heterocycles. The normalized spacial score (nSPS) is 10.4. The molecule has 0 atom stereocenters. The Morgan fingerprint density at radius 1 is 1.05 bits per heavy atom. The van der Waals surface area contributed by atoms with Crippen LogP contribution in [0.3, 0.4) is 0 Å². The predicted molar refractivity (Wildman–Crippen MR) is 81.7 cm³/mol. The maximum absolute atomic E-state index is 12.3. The molecule has 0 spiro atoms. The van der Waals surface area contributed by atoms with E-state index in [2.05, 4.69) is 4.98 Å². The van der Waals surface area contributed by atoms with Gasteiger partial charge in [0.15, 0.2) is 16.9 Å². The zero-order valence-corrected chi connectivity index (χ0v) is 12.2. The SMILES string of the molecule is O=Cc1sc(=O)[nH]c1-[n+]1ccc(C(=O)c2ccccc2)cc1. The minimum Gasteiger partial charge on any atom is -0.297 e. The molecule has 0 radical (unpaired) electrons. The zero-order chi connectivity index (χ0) is 15.5. The molecule has 1 N–H and O–H groups in total. The van der Waals surface area contributed by atoms with Crippen LogP contribution in [0.2, 0.25) is 0 Å². The van der Waals surface area contributed by atoms with Crippen molar-refractivity contribution in [3.8, 4) is 5.82 Å². The maximum Gasteiger partial charge on any atom is 0.390 e. The number of benzene rings is 1. The van der Waals surface area contributed by atoms with Crippen molar-refractivity contribution in [2.45, 2.75) is 0 Å². The van der Waals surface area contributed by atoms with Gasteiger partial charge in [-0.2, -0.15) is 4.98 Å². The van der Waals surface area contributed by atoms with Crippen LogP contribution in [0.15, 0.2) is 59.7 Å². The molecule has 0 aliphatic rings. The summed E-state index contributed by atoms with van der Waals surface area (Å²) >= 11 is 0.850. The number of pyridine rings is 1. The molecule has 108 valence electrons. The van der Waals surface area contributed by atoms with Crippen LogP contribution in [-0.2, 0) is 0 Å². The van der Waals surface area contributed by atoms with Gasteiger partial charge in [0.2, 0.25) is 0 Å². The summed E-state index contributed by atoms with van der Waals surface area (Å²) in [5.41, 5.74) is 1.14. The lowest BCUT2D eigenvalue weighted by molar-refractivity contribution is -0.599. The Kier molecular flexibility index (Phi) is 3.76. The second-order valence-corrected chi connectivity index (χ2v) is 5.55. The Balaban J connectivity index is 1.95. The van der Waals surface area contributed by atoms with Gasteiger partial charge >= 0.3 is 10.7 Å². The summed E-state index contributed by atoms with van der Waals surface area (Å²) in [5, 5.41) is 0. The van der Waals surface area contributed by atoms with Crippen molar-refractivity contribution in [1.82, 2.24) is 4.98 Å². The average molecular weight is 311 g/mol. The first-order valence-corrected chi connectivity index (χ1v) is 7.30. The second-order valence-electron chi connectivity index (χ2n) is 4.53. The third-order valence-electron chi connectivity index (χ3n) is 3.15. The van der Waals surface area contributed by atoms with Gasteiger partial charge in [0.1, 0.15) is 0 Å². The van der Waals surface area contributed by atoms with Crippen molar-refractivity contribution in [3.63, 3.8) is 0 Å². The van der Waals surface area contributed by atoms with Gasteiger partial charge in [-0.3, -0.25) is 9.59 Å². The van der Waals surface area contributed by atoms with E-state index in [9.17, 15) is 14.4 Å². The van der Waals surface area contributed by atoms with Crippen molar-refractivity contribution in [2.75, 3.05) is 0 Å². The molecule has 2 heterocycles. The van der Waals surface area contributed by atoms with Crippen LogP contribution in [0.1, 0.15) is 25.6 Å². The van der Waals surface area contributed by atoms with Crippen molar-refractivity contribution in [3.05, 3.63) is 80.5 Å². The van der Waals surface area contributed by atoms with Gasteiger partial charge in [0, 0.05) is 11.1 Å². The highest BCUT2D eigenvalue weighted by Crippen LogP contribution is 2.09. The quantitative estimate of drug-likeness (QED) is 0.453. The van der Waals surface area contributed by atoms with Gasteiger partial charge in [-0.15, -0.1) is 0 Å². The lowest BCUT2D eigenvalue weighted by Crippen LogP contribution is -2.32. The lowest BCUT2D eigenvalue weighted by Gasteiger charge is -2.01. The lowest BCUT2D eigenvalue weighted by atomic mass is 10.0. The van der Waals surface area contributed by atoms with Gasteiger partial charge in [-0.05, 0) is 23.5 Å². The van der Waals surface area contributed by atoms with Crippen LogP contribution >= 0.6 is 11.3 Å². The Morgan fingerprint density at radius 3 is 2.32 bits per heavy atom. The van der Waals surface area contributed by atoms with E-state index in [-0.39, 0.29) is 10.7 Å².